The zero-order valence-corrected chi connectivity index (χ0v) is 22.7. The molecule has 0 radical (unpaired) electrons. The van der Waals surface area contributed by atoms with Crippen molar-refractivity contribution in [3.05, 3.63) is 118 Å². The molecule has 208 valence electrons. The summed E-state index contributed by atoms with van der Waals surface area (Å²) < 4.78 is 13.3. The lowest BCUT2D eigenvalue weighted by atomic mass is 10.0. The van der Waals surface area contributed by atoms with Crippen LogP contribution in [-0.4, -0.2) is 27.8 Å². The maximum absolute atomic E-state index is 13.3. The molecular weight excluding hydrogens is 523 g/mol. The number of fused-ring (bicyclic) bond motifs is 1. The van der Waals surface area contributed by atoms with Crippen LogP contribution in [0.5, 0.6) is 0 Å². The van der Waals surface area contributed by atoms with Crippen LogP contribution in [0.4, 0.5) is 15.8 Å². The molecule has 3 amide bonds. The maximum atomic E-state index is 13.3. The second-order valence-electron chi connectivity index (χ2n) is 9.99. The normalized spacial score (nSPS) is 14.8. The Balaban J connectivity index is 1.38. The van der Waals surface area contributed by atoms with Gasteiger partial charge in [0.25, 0.3) is 17.7 Å². The number of carbonyl (C=O) groups excluding carboxylic acids is 3. The number of hydrogen-bond acceptors (Lipinski definition) is 4. The first-order valence-electron chi connectivity index (χ1n) is 13.1. The van der Waals surface area contributed by atoms with Crippen molar-refractivity contribution in [3.63, 3.8) is 0 Å². The highest BCUT2D eigenvalue weighted by molar-refractivity contribution is 6.35. The lowest BCUT2D eigenvalue weighted by Gasteiger charge is -2.15. The van der Waals surface area contributed by atoms with E-state index in [1.165, 1.54) is 12.1 Å². The number of carbonyl (C=O) groups is 3. The summed E-state index contributed by atoms with van der Waals surface area (Å²) in [5, 5.41) is 19.0. The van der Waals surface area contributed by atoms with Gasteiger partial charge in [-0.1, -0.05) is 42.5 Å². The van der Waals surface area contributed by atoms with Gasteiger partial charge in [-0.3, -0.25) is 14.4 Å². The predicted molar refractivity (Wildman–Crippen MR) is 156 cm³/mol. The number of anilines is 2. The second kappa shape index (κ2) is 11.2. The first-order valence-corrected chi connectivity index (χ1v) is 13.1. The number of rotatable bonds is 7. The van der Waals surface area contributed by atoms with E-state index in [4.69, 9.17) is 0 Å². The molecule has 0 aliphatic carbocycles. The summed E-state index contributed by atoms with van der Waals surface area (Å²) in [6.07, 6.45) is 0.338. The standard InChI is InChI=1S/C32H29FN4O4/c1-17-27(34-19(3)28(17)37-32(41)29(38)21-7-5-4-6-8-21)16-25-24-15-22(11-14-26(24)36-31(25)40)30(39)35-18(2)20-9-12-23(33)13-10-20/h4-16,18,29,34,38H,1-3H3,(H,35,39)(H,36,40)(H,37,41)/b25-16-/t18-,29?/m1/s1. The Hall–Kier alpha value is -5.02. The van der Waals surface area contributed by atoms with Crippen LogP contribution in [-0.2, 0) is 9.59 Å². The molecule has 1 aromatic heterocycles. The fourth-order valence-electron chi connectivity index (χ4n) is 4.82. The highest BCUT2D eigenvalue weighted by Crippen LogP contribution is 2.36. The molecule has 1 aliphatic rings. The third kappa shape index (κ3) is 5.66. The van der Waals surface area contributed by atoms with Crippen LogP contribution in [0.25, 0.3) is 11.6 Å². The average molecular weight is 553 g/mol. The van der Waals surface area contributed by atoms with Crippen LogP contribution < -0.4 is 16.0 Å². The molecule has 5 rings (SSSR count). The van der Waals surface area contributed by atoms with E-state index in [0.717, 1.165) is 5.56 Å². The Morgan fingerprint density at radius 3 is 2.39 bits per heavy atom. The monoisotopic (exact) mass is 552 g/mol. The molecule has 1 unspecified atom stereocenters. The number of halogens is 1. The first kappa shape index (κ1) is 27.5. The fraction of sp³-hybridized carbons (Fsp3) is 0.156. The molecular formula is C32H29FN4O4. The number of aliphatic hydroxyl groups excluding tert-OH is 1. The summed E-state index contributed by atoms with van der Waals surface area (Å²) in [7, 11) is 0. The summed E-state index contributed by atoms with van der Waals surface area (Å²) in [5.41, 5.74) is 5.55. The van der Waals surface area contributed by atoms with E-state index in [1.807, 2.05) is 0 Å². The van der Waals surface area contributed by atoms with E-state index in [0.29, 0.717) is 50.6 Å². The van der Waals surface area contributed by atoms with Gasteiger partial charge in [0.05, 0.1) is 17.3 Å². The molecule has 5 N–H and O–H groups in total. The summed E-state index contributed by atoms with van der Waals surface area (Å²) in [6.45, 7) is 5.39. The van der Waals surface area contributed by atoms with Crippen LogP contribution >= 0.6 is 0 Å². The van der Waals surface area contributed by atoms with Crippen molar-refractivity contribution in [1.29, 1.82) is 0 Å². The molecule has 8 nitrogen and oxygen atoms in total. The topological polar surface area (TPSA) is 123 Å². The molecule has 0 fully saturated rings. The van der Waals surface area contributed by atoms with Gasteiger partial charge in [-0.25, -0.2) is 4.39 Å². The van der Waals surface area contributed by atoms with Crippen molar-refractivity contribution < 1.29 is 23.9 Å². The van der Waals surface area contributed by atoms with Gasteiger partial charge in [0.1, 0.15) is 5.82 Å². The van der Waals surface area contributed by atoms with E-state index >= 15 is 0 Å². The largest absolute Gasteiger partial charge is 0.378 e. The first-order chi connectivity index (χ1) is 19.6. The minimum Gasteiger partial charge on any atom is -0.378 e. The van der Waals surface area contributed by atoms with Gasteiger partial charge in [0.15, 0.2) is 6.10 Å². The van der Waals surface area contributed by atoms with Crippen molar-refractivity contribution in [1.82, 2.24) is 10.3 Å². The number of benzene rings is 3. The SMILES string of the molecule is Cc1[nH]c(/C=C2\C(=O)Nc3ccc(C(=O)N[C@H](C)c4ccc(F)cc4)cc32)c(C)c1NC(=O)C(O)c1ccccc1. The van der Waals surface area contributed by atoms with Gasteiger partial charge in [0, 0.05) is 28.2 Å². The summed E-state index contributed by atoms with van der Waals surface area (Å²) in [5.74, 6) is -1.59. The molecule has 2 heterocycles. The predicted octanol–water partition coefficient (Wildman–Crippen LogP) is 5.43. The Bertz CT molecular complexity index is 1680. The number of aliphatic hydroxyl groups is 1. The van der Waals surface area contributed by atoms with Crippen LogP contribution in [0.1, 0.15) is 63.1 Å². The summed E-state index contributed by atoms with van der Waals surface area (Å²) in [4.78, 5) is 41.9. The lowest BCUT2D eigenvalue weighted by Crippen LogP contribution is -2.26. The zero-order chi connectivity index (χ0) is 29.3. The summed E-state index contributed by atoms with van der Waals surface area (Å²) in [6, 6.07) is 19.1. The number of aryl methyl sites for hydroxylation is 1. The molecule has 0 saturated carbocycles. The molecule has 2 atom stereocenters. The minimum atomic E-state index is -1.34. The van der Waals surface area contributed by atoms with Gasteiger partial charge < -0.3 is 26.0 Å². The third-order valence-corrected chi connectivity index (χ3v) is 7.16. The number of H-pyrrole nitrogens is 1. The highest BCUT2D eigenvalue weighted by atomic mass is 19.1. The van der Waals surface area contributed by atoms with Gasteiger partial charge in [0.2, 0.25) is 0 Å². The van der Waals surface area contributed by atoms with Crippen molar-refractivity contribution in [2.75, 3.05) is 10.6 Å². The molecule has 9 heteroatoms. The quantitative estimate of drug-likeness (QED) is 0.196. The van der Waals surface area contributed by atoms with Gasteiger partial charge in [-0.2, -0.15) is 0 Å². The van der Waals surface area contributed by atoms with Crippen molar-refractivity contribution in [2.45, 2.75) is 32.9 Å². The molecule has 0 bridgehead atoms. The number of aromatic amines is 1. The van der Waals surface area contributed by atoms with E-state index in [-0.39, 0.29) is 23.7 Å². The van der Waals surface area contributed by atoms with E-state index in [1.54, 1.807) is 87.5 Å². The second-order valence-corrected chi connectivity index (χ2v) is 9.99. The Labute approximate surface area is 236 Å². The van der Waals surface area contributed by atoms with Crippen LogP contribution in [0.2, 0.25) is 0 Å². The van der Waals surface area contributed by atoms with Crippen molar-refractivity contribution in [3.8, 4) is 0 Å². The number of amides is 3. The van der Waals surface area contributed by atoms with Gasteiger partial charge in [-0.15, -0.1) is 0 Å². The fourth-order valence-corrected chi connectivity index (χ4v) is 4.82. The molecule has 41 heavy (non-hydrogen) atoms. The highest BCUT2D eigenvalue weighted by Gasteiger charge is 2.27. The Morgan fingerprint density at radius 2 is 1.68 bits per heavy atom. The molecule has 0 spiro atoms. The van der Waals surface area contributed by atoms with Crippen LogP contribution in [0.15, 0.2) is 72.8 Å². The zero-order valence-electron chi connectivity index (χ0n) is 22.7. The smallest absolute Gasteiger partial charge is 0.257 e. The van der Waals surface area contributed by atoms with Gasteiger partial charge in [-0.05, 0) is 73.9 Å². The number of aromatic nitrogens is 1. The number of nitrogens with one attached hydrogen (secondary N) is 4. The summed E-state index contributed by atoms with van der Waals surface area (Å²) >= 11 is 0. The van der Waals surface area contributed by atoms with E-state index in [9.17, 15) is 23.9 Å². The number of hydrogen-bond donors (Lipinski definition) is 5. The molecule has 3 aromatic carbocycles. The Kier molecular flexibility index (Phi) is 7.54. The maximum Gasteiger partial charge on any atom is 0.257 e. The third-order valence-electron chi connectivity index (χ3n) is 7.16. The molecule has 1 aliphatic heterocycles. The van der Waals surface area contributed by atoms with Crippen LogP contribution in [0, 0.1) is 19.7 Å². The molecule has 0 saturated heterocycles. The van der Waals surface area contributed by atoms with E-state index in [2.05, 4.69) is 20.9 Å². The van der Waals surface area contributed by atoms with Crippen LogP contribution in [0.3, 0.4) is 0 Å². The van der Waals surface area contributed by atoms with E-state index < -0.39 is 12.0 Å². The van der Waals surface area contributed by atoms with Crippen molar-refractivity contribution in [2.24, 2.45) is 0 Å². The average Bonchev–Trinajstić information content (AvgIpc) is 3.42. The van der Waals surface area contributed by atoms with Gasteiger partial charge >= 0.3 is 0 Å². The Morgan fingerprint density at radius 1 is 0.976 bits per heavy atom. The minimum absolute atomic E-state index is 0.325. The lowest BCUT2D eigenvalue weighted by molar-refractivity contribution is -0.124. The van der Waals surface area contributed by atoms with Crippen molar-refractivity contribution >= 4 is 40.7 Å². The molecule has 4 aromatic rings.